The second-order valence-corrected chi connectivity index (χ2v) is 5.96. The van der Waals surface area contributed by atoms with E-state index in [0.29, 0.717) is 11.3 Å². The Morgan fingerprint density at radius 1 is 1.43 bits per heavy atom. The number of methoxy groups -OCH3 is 1. The third-order valence-electron chi connectivity index (χ3n) is 3.74. The number of fused-ring (bicyclic) bond motifs is 1. The zero-order valence-corrected chi connectivity index (χ0v) is 13.6. The van der Waals surface area contributed by atoms with E-state index in [0.717, 1.165) is 16.5 Å². The van der Waals surface area contributed by atoms with E-state index in [1.807, 2.05) is 35.9 Å². The topological polar surface area (TPSA) is 71.7 Å². The smallest absolute Gasteiger partial charge is 0.287 e. The van der Waals surface area contributed by atoms with Crippen LogP contribution in [0.1, 0.15) is 27.8 Å². The number of hydrogen-bond donors (Lipinski definition) is 2. The Morgan fingerprint density at radius 3 is 2.96 bits per heavy atom. The normalized spacial score (nSPS) is 12.3. The van der Waals surface area contributed by atoms with Crippen molar-refractivity contribution in [1.29, 1.82) is 0 Å². The van der Waals surface area contributed by atoms with E-state index >= 15 is 0 Å². The van der Waals surface area contributed by atoms with Gasteiger partial charge in [0, 0.05) is 17.5 Å². The third-order valence-corrected chi connectivity index (χ3v) is 4.44. The van der Waals surface area contributed by atoms with Crippen molar-refractivity contribution in [1.82, 2.24) is 5.32 Å². The molecular weight excluding hydrogens is 314 g/mol. The van der Waals surface area contributed by atoms with Gasteiger partial charge in [-0.15, -0.1) is 0 Å². The van der Waals surface area contributed by atoms with Crippen LogP contribution in [0.4, 0.5) is 0 Å². The molecule has 0 radical (unpaired) electrons. The van der Waals surface area contributed by atoms with Gasteiger partial charge in [-0.25, -0.2) is 0 Å². The highest BCUT2D eigenvalue weighted by Gasteiger charge is 2.20. The summed E-state index contributed by atoms with van der Waals surface area (Å²) in [7, 11) is 1.56. The Balaban J connectivity index is 1.80. The summed E-state index contributed by atoms with van der Waals surface area (Å²) < 4.78 is 10.9. The fraction of sp³-hybridized carbons (Fsp3) is 0.235. The van der Waals surface area contributed by atoms with Gasteiger partial charge in [0.1, 0.15) is 0 Å². The van der Waals surface area contributed by atoms with E-state index in [9.17, 15) is 9.90 Å². The number of ether oxygens (including phenoxy) is 1. The second-order valence-electron chi connectivity index (χ2n) is 5.18. The molecule has 0 saturated carbocycles. The maximum absolute atomic E-state index is 12.4. The van der Waals surface area contributed by atoms with Crippen molar-refractivity contribution in [2.24, 2.45) is 0 Å². The van der Waals surface area contributed by atoms with Crippen LogP contribution in [0.3, 0.4) is 0 Å². The number of nitrogens with one attached hydrogen (secondary N) is 1. The highest BCUT2D eigenvalue weighted by molar-refractivity contribution is 7.07. The van der Waals surface area contributed by atoms with Crippen molar-refractivity contribution in [3.63, 3.8) is 0 Å². The zero-order valence-electron chi connectivity index (χ0n) is 12.8. The van der Waals surface area contributed by atoms with Crippen LogP contribution in [-0.4, -0.2) is 24.7 Å². The quantitative estimate of drug-likeness (QED) is 0.753. The molecule has 120 valence electrons. The number of aliphatic hydroxyl groups excluding tert-OH is 1. The van der Waals surface area contributed by atoms with Crippen LogP contribution in [0.5, 0.6) is 5.75 Å². The molecule has 3 aromatic rings. The van der Waals surface area contributed by atoms with E-state index in [1.165, 1.54) is 11.3 Å². The van der Waals surface area contributed by atoms with Crippen molar-refractivity contribution in [3.8, 4) is 5.75 Å². The van der Waals surface area contributed by atoms with Gasteiger partial charge in [-0.1, -0.05) is 12.1 Å². The predicted octanol–water partition coefficient (Wildman–Crippen LogP) is 3.27. The second kappa shape index (κ2) is 6.44. The molecule has 0 saturated heterocycles. The molecule has 1 aromatic carbocycles. The molecule has 0 bridgehead atoms. The summed E-state index contributed by atoms with van der Waals surface area (Å²) in [6.45, 7) is 1.96. The molecule has 6 heteroatoms. The third kappa shape index (κ3) is 2.95. The van der Waals surface area contributed by atoms with Gasteiger partial charge in [0.2, 0.25) is 0 Å². The van der Waals surface area contributed by atoms with Gasteiger partial charge in [-0.3, -0.25) is 4.79 Å². The minimum atomic E-state index is -0.732. The van der Waals surface area contributed by atoms with Crippen LogP contribution < -0.4 is 10.1 Å². The Hall–Kier alpha value is -2.31. The number of aryl methyl sites for hydroxylation is 1. The molecule has 2 heterocycles. The van der Waals surface area contributed by atoms with Crippen molar-refractivity contribution in [3.05, 3.63) is 51.9 Å². The van der Waals surface area contributed by atoms with Crippen LogP contribution in [0.15, 0.2) is 39.4 Å². The van der Waals surface area contributed by atoms with Crippen LogP contribution >= 0.6 is 11.3 Å². The summed E-state index contributed by atoms with van der Waals surface area (Å²) in [5.41, 5.74) is 2.09. The zero-order chi connectivity index (χ0) is 16.4. The SMILES string of the molecule is COc1cccc2c(C)c(C(=O)NCC(O)c3ccsc3)oc12. The first kappa shape index (κ1) is 15.6. The molecule has 0 fully saturated rings. The summed E-state index contributed by atoms with van der Waals surface area (Å²) in [6, 6.07) is 7.35. The van der Waals surface area contributed by atoms with E-state index < -0.39 is 6.10 Å². The first-order valence-electron chi connectivity index (χ1n) is 7.16. The minimum Gasteiger partial charge on any atom is -0.493 e. The molecule has 0 aliphatic carbocycles. The van der Waals surface area contributed by atoms with Crippen LogP contribution in [-0.2, 0) is 0 Å². The van der Waals surface area contributed by atoms with E-state index in [2.05, 4.69) is 5.32 Å². The number of carbonyl (C=O) groups excluding carboxylic acids is 1. The number of hydrogen-bond acceptors (Lipinski definition) is 5. The number of aliphatic hydroxyl groups is 1. The molecule has 2 N–H and O–H groups in total. The average molecular weight is 331 g/mol. The van der Waals surface area contributed by atoms with Crippen molar-refractivity contribution in [2.75, 3.05) is 13.7 Å². The highest BCUT2D eigenvalue weighted by Crippen LogP contribution is 2.32. The van der Waals surface area contributed by atoms with Gasteiger partial charge in [0.05, 0.1) is 13.2 Å². The Labute approximate surface area is 137 Å². The van der Waals surface area contributed by atoms with Gasteiger partial charge < -0.3 is 19.6 Å². The maximum Gasteiger partial charge on any atom is 0.287 e. The lowest BCUT2D eigenvalue weighted by Crippen LogP contribution is -2.28. The van der Waals surface area contributed by atoms with E-state index in [-0.39, 0.29) is 18.2 Å². The molecule has 0 aliphatic heterocycles. The summed E-state index contributed by atoms with van der Waals surface area (Å²) >= 11 is 1.50. The van der Waals surface area contributed by atoms with Crippen LogP contribution in [0, 0.1) is 6.92 Å². The van der Waals surface area contributed by atoms with Crippen molar-refractivity contribution in [2.45, 2.75) is 13.0 Å². The summed E-state index contributed by atoms with van der Waals surface area (Å²) in [5.74, 6) is 0.472. The van der Waals surface area contributed by atoms with Crippen LogP contribution in [0.25, 0.3) is 11.0 Å². The van der Waals surface area contributed by atoms with Gasteiger partial charge in [0.25, 0.3) is 5.91 Å². The number of amides is 1. The average Bonchev–Trinajstić information content (AvgIpc) is 3.21. The molecule has 23 heavy (non-hydrogen) atoms. The summed E-state index contributed by atoms with van der Waals surface area (Å²) in [5, 5.41) is 17.3. The molecule has 5 nitrogen and oxygen atoms in total. The van der Waals surface area contributed by atoms with Gasteiger partial charge >= 0.3 is 0 Å². The molecular formula is C17H17NO4S. The van der Waals surface area contributed by atoms with Gasteiger partial charge in [-0.05, 0) is 35.4 Å². The molecule has 1 amide bonds. The fourth-order valence-corrected chi connectivity index (χ4v) is 3.15. The van der Waals surface area contributed by atoms with Crippen molar-refractivity contribution >= 4 is 28.2 Å². The van der Waals surface area contributed by atoms with E-state index in [1.54, 1.807) is 13.2 Å². The van der Waals surface area contributed by atoms with Crippen LogP contribution in [0.2, 0.25) is 0 Å². The monoisotopic (exact) mass is 331 g/mol. The lowest BCUT2D eigenvalue weighted by atomic mass is 10.1. The molecule has 0 aliphatic rings. The molecule has 2 aromatic heterocycles. The number of carbonyl (C=O) groups is 1. The fourth-order valence-electron chi connectivity index (χ4n) is 2.45. The first-order chi connectivity index (χ1) is 11.1. The largest absolute Gasteiger partial charge is 0.493 e. The molecule has 1 atom stereocenters. The standard InChI is InChI=1S/C17H17NO4S/c1-10-12-4-3-5-14(21-2)16(12)22-15(10)17(20)18-8-13(19)11-6-7-23-9-11/h3-7,9,13,19H,8H2,1-2H3,(H,18,20). The Morgan fingerprint density at radius 2 is 2.26 bits per heavy atom. The number of rotatable bonds is 5. The highest BCUT2D eigenvalue weighted by atomic mass is 32.1. The number of thiophene rings is 1. The molecule has 0 spiro atoms. The lowest BCUT2D eigenvalue weighted by Gasteiger charge is -2.09. The summed E-state index contributed by atoms with van der Waals surface area (Å²) in [4.78, 5) is 12.4. The van der Waals surface area contributed by atoms with E-state index in [4.69, 9.17) is 9.15 Å². The first-order valence-corrected chi connectivity index (χ1v) is 8.10. The molecule has 3 rings (SSSR count). The predicted molar refractivity (Wildman–Crippen MR) is 89.1 cm³/mol. The van der Waals surface area contributed by atoms with Crippen molar-refractivity contribution < 1.29 is 19.1 Å². The van der Waals surface area contributed by atoms with Gasteiger partial charge in [0.15, 0.2) is 17.1 Å². The molecule has 1 unspecified atom stereocenters. The number of para-hydroxylation sites is 1. The number of furan rings is 1. The van der Waals surface area contributed by atoms with Gasteiger partial charge in [-0.2, -0.15) is 11.3 Å². The Bertz CT molecular complexity index is 823. The minimum absolute atomic E-state index is 0.128. The Kier molecular flexibility index (Phi) is 4.36. The maximum atomic E-state index is 12.4. The number of benzene rings is 1. The lowest BCUT2D eigenvalue weighted by molar-refractivity contribution is 0.0890. The summed E-state index contributed by atoms with van der Waals surface area (Å²) in [6.07, 6.45) is -0.732.